The van der Waals surface area contributed by atoms with Gasteiger partial charge in [0.15, 0.2) is 0 Å². The van der Waals surface area contributed by atoms with Crippen molar-refractivity contribution >= 4 is 35.0 Å². The van der Waals surface area contributed by atoms with E-state index in [-0.39, 0.29) is 17.9 Å². The van der Waals surface area contributed by atoms with Gasteiger partial charge in [-0.1, -0.05) is 24.4 Å². The highest BCUT2D eigenvalue weighted by Crippen LogP contribution is 2.49. The van der Waals surface area contributed by atoms with Gasteiger partial charge < -0.3 is 10.3 Å². The lowest BCUT2D eigenvalue weighted by atomic mass is 9.85. The van der Waals surface area contributed by atoms with Gasteiger partial charge >= 0.3 is 0 Å². The molecule has 4 rings (SSSR count). The van der Waals surface area contributed by atoms with Crippen molar-refractivity contribution < 1.29 is 4.79 Å². The number of thioether (sulfide) groups is 1. The van der Waals surface area contributed by atoms with Crippen molar-refractivity contribution in [3.8, 4) is 0 Å². The molecule has 0 spiro atoms. The Morgan fingerprint density at radius 2 is 2.04 bits per heavy atom. The molecule has 0 bridgehead atoms. The second-order valence-corrected chi connectivity index (χ2v) is 8.17. The van der Waals surface area contributed by atoms with Crippen LogP contribution in [0, 0.1) is 0 Å². The van der Waals surface area contributed by atoms with Crippen LogP contribution < -0.4 is 10.9 Å². The minimum Gasteiger partial charge on any atom is -0.326 e. The maximum atomic E-state index is 12.5. The molecular formula is C18H18ClN3O2S. The van der Waals surface area contributed by atoms with E-state index in [0.717, 1.165) is 23.4 Å². The monoisotopic (exact) mass is 375 g/mol. The van der Waals surface area contributed by atoms with Crippen LogP contribution >= 0.6 is 23.4 Å². The number of fused-ring (bicyclic) bond motifs is 3. The van der Waals surface area contributed by atoms with Gasteiger partial charge in [0.05, 0.1) is 12.0 Å². The summed E-state index contributed by atoms with van der Waals surface area (Å²) in [5.41, 5.74) is 1.41. The summed E-state index contributed by atoms with van der Waals surface area (Å²) in [5.74, 6) is 0.522. The molecule has 130 valence electrons. The molecule has 5 nitrogen and oxygen atoms in total. The lowest BCUT2D eigenvalue weighted by Crippen LogP contribution is -2.24. The van der Waals surface area contributed by atoms with Gasteiger partial charge in [0.2, 0.25) is 5.91 Å². The lowest BCUT2D eigenvalue weighted by Gasteiger charge is -2.23. The average Bonchev–Trinajstić information content (AvgIpc) is 2.95. The number of benzene rings is 1. The van der Waals surface area contributed by atoms with Crippen molar-refractivity contribution in [2.75, 3.05) is 5.32 Å². The van der Waals surface area contributed by atoms with Gasteiger partial charge in [0, 0.05) is 21.9 Å². The first kappa shape index (κ1) is 16.7. The van der Waals surface area contributed by atoms with Crippen molar-refractivity contribution in [3.63, 3.8) is 0 Å². The highest BCUT2D eigenvalue weighted by Gasteiger charge is 2.38. The fraction of sp³-hybridized carbons (Fsp3) is 0.389. The Kier molecular flexibility index (Phi) is 4.56. The third-order valence-electron chi connectivity index (χ3n) is 4.76. The molecule has 25 heavy (non-hydrogen) atoms. The fourth-order valence-corrected chi connectivity index (χ4v) is 5.28. The van der Waals surface area contributed by atoms with Crippen LogP contribution in [0.2, 0.25) is 5.02 Å². The van der Waals surface area contributed by atoms with Gasteiger partial charge in [-0.2, -0.15) is 0 Å². The molecule has 1 aliphatic carbocycles. The van der Waals surface area contributed by atoms with Crippen LogP contribution in [-0.2, 0) is 11.2 Å². The zero-order chi connectivity index (χ0) is 17.4. The minimum atomic E-state index is -0.217. The van der Waals surface area contributed by atoms with Gasteiger partial charge in [-0.05, 0) is 37.1 Å². The van der Waals surface area contributed by atoms with Crippen LogP contribution in [-0.4, -0.2) is 21.1 Å². The number of aromatic nitrogens is 2. The molecule has 1 amide bonds. The summed E-state index contributed by atoms with van der Waals surface area (Å²) in [4.78, 5) is 32.1. The zero-order valence-electron chi connectivity index (χ0n) is 13.5. The second-order valence-electron chi connectivity index (χ2n) is 6.51. The Hall–Kier alpha value is -1.79. The Balaban J connectivity index is 1.50. The Labute approximate surface area is 154 Å². The molecule has 2 atom stereocenters. The van der Waals surface area contributed by atoms with Gasteiger partial charge in [-0.25, -0.2) is 4.98 Å². The lowest BCUT2D eigenvalue weighted by molar-refractivity contribution is -0.115. The van der Waals surface area contributed by atoms with E-state index in [1.807, 2.05) is 0 Å². The Morgan fingerprint density at radius 3 is 2.84 bits per heavy atom. The van der Waals surface area contributed by atoms with Crippen LogP contribution in [0.1, 0.15) is 43.0 Å². The summed E-state index contributed by atoms with van der Waals surface area (Å²) in [5, 5.41) is 4.68. The molecule has 1 fully saturated rings. The maximum Gasteiger partial charge on any atom is 0.255 e. The molecule has 2 aromatic rings. The molecule has 2 heterocycles. The molecule has 2 N–H and O–H groups in total. The molecule has 1 aliphatic heterocycles. The zero-order valence-corrected chi connectivity index (χ0v) is 15.1. The smallest absolute Gasteiger partial charge is 0.255 e. The third-order valence-corrected chi connectivity index (χ3v) is 6.42. The van der Waals surface area contributed by atoms with Gasteiger partial charge in [-0.15, -0.1) is 11.8 Å². The molecule has 2 aliphatic rings. The number of hydrogen-bond acceptors (Lipinski definition) is 4. The van der Waals surface area contributed by atoms with Crippen molar-refractivity contribution in [1.29, 1.82) is 0 Å². The molecular weight excluding hydrogens is 358 g/mol. The SMILES string of the molecule is O=C(Cc1nc2c(c(=O)[nH]1)C1CCCCC1S2)Nc1ccc(Cl)cc1. The summed E-state index contributed by atoms with van der Waals surface area (Å²) < 4.78 is 0. The van der Waals surface area contributed by atoms with Crippen molar-refractivity contribution in [2.24, 2.45) is 0 Å². The summed E-state index contributed by atoms with van der Waals surface area (Å²) in [6.45, 7) is 0. The van der Waals surface area contributed by atoms with E-state index in [1.54, 1.807) is 36.0 Å². The van der Waals surface area contributed by atoms with E-state index >= 15 is 0 Å². The summed E-state index contributed by atoms with van der Waals surface area (Å²) in [6.07, 6.45) is 4.63. The van der Waals surface area contributed by atoms with Crippen molar-refractivity contribution in [3.05, 3.63) is 51.0 Å². The van der Waals surface area contributed by atoms with Crippen LogP contribution in [0.15, 0.2) is 34.1 Å². The number of rotatable bonds is 3. The molecule has 1 aromatic heterocycles. The van der Waals surface area contributed by atoms with Crippen molar-refractivity contribution in [2.45, 2.75) is 48.3 Å². The number of hydrogen-bond donors (Lipinski definition) is 2. The number of aromatic amines is 1. The number of H-pyrrole nitrogens is 1. The van der Waals surface area contributed by atoms with Crippen molar-refractivity contribution in [1.82, 2.24) is 9.97 Å². The predicted molar refractivity (Wildman–Crippen MR) is 99.5 cm³/mol. The number of nitrogens with one attached hydrogen (secondary N) is 2. The van der Waals surface area contributed by atoms with Gasteiger partial charge in [-0.3, -0.25) is 9.59 Å². The minimum absolute atomic E-state index is 0.0427. The standard InChI is InChI=1S/C18H18ClN3O2S/c19-10-5-7-11(8-6-10)20-15(23)9-14-21-17(24)16-12-3-1-2-4-13(12)25-18(16)22-14/h5-8,12-13H,1-4,9H2,(H,20,23)(H,21,22,24). The number of amides is 1. The number of anilines is 1. The van der Waals surface area contributed by atoms with E-state index in [9.17, 15) is 9.59 Å². The Bertz CT molecular complexity index is 866. The van der Waals surface area contributed by atoms with E-state index in [0.29, 0.717) is 27.7 Å². The third kappa shape index (κ3) is 3.46. The van der Waals surface area contributed by atoms with Gasteiger partial charge in [0.25, 0.3) is 5.56 Å². The molecule has 7 heteroatoms. The number of carbonyl (C=O) groups is 1. The molecule has 2 unspecified atom stereocenters. The molecule has 0 saturated heterocycles. The van der Waals surface area contributed by atoms with Crippen LogP contribution in [0.25, 0.3) is 0 Å². The normalized spacial score (nSPS) is 21.5. The number of nitrogens with zero attached hydrogens (tertiary/aromatic N) is 1. The first-order chi connectivity index (χ1) is 12.1. The van der Waals surface area contributed by atoms with E-state index in [2.05, 4.69) is 15.3 Å². The molecule has 0 radical (unpaired) electrons. The fourth-order valence-electron chi connectivity index (χ4n) is 3.61. The van der Waals surface area contributed by atoms with E-state index in [1.165, 1.54) is 12.8 Å². The highest BCUT2D eigenvalue weighted by molar-refractivity contribution is 8.00. The summed E-state index contributed by atoms with van der Waals surface area (Å²) in [6, 6.07) is 6.90. The van der Waals surface area contributed by atoms with Crippen LogP contribution in [0.4, 0.5) is 5.69 Å². The first-order valence-electron chi connectivity index (χ1n) is 8.45. The van der Waals surface area contributed by atoms with E-state index in [4.69, 9.17) is 11.6 Å². The summed E-state index contributed by atoms with van der Waals surface area (Å²) >= 11 is 7.54. The average molecular weight is 376 g/mol. The topological polar surface area (TPSA) is 74.8 Å². The second kappa shape index (κ2) is 6.84. The first-order valence-corrected chi connectivity index (χ1v) is 9.71. The Morgan fingerprint density at radius 1 is 1.28 bits per heavy atom. The quantitative estimate of drug-likeness (QED) is 0.801. The number of halogens is 1. The molecule has 1 saturated carbocycles. The van der Waals surface area contributed by atoms with Crippen LogP contribution in [0.3, 0.4) is 0 Å². The largest absolute Gasteiger partial charge is 0.326 e. The maximum absolute atomic E-state index is 12.5. The van der Waals surface area contributed by atoms with Gasteiger partial charge in [0.1, 0.15) is 10.9 Å². The van der Waals surface area contributed by atoms with Crippen LogP contribution in [0.5, 0.6) is 0 Å². The summed E-state index contributed by atoms with van der Waals surface area (Å²) in [7, 11) is 0. The highest BCUT2D eigenvalue weighted by atomic mass is 35.5. The predicted octanol–water partition coefficient (Wildman–Crippen LogP) is 3.74. The van der Waals surface area contributed by atoms with E-state index < -0.39 is 0 Å². The number of carbonyl (C=O) groups excluding carboxylic acids is 1. The molecule has 1 aromatic carbocycles.